The summed E-state index contributed by atoms with van der Waals surface area (Å²) in [4.78, 5) is 11.1. The largest absolute Gasteiger partial charge is 0.464 e. The number of para-hydroxylation sites is 1. The molecule has 1 aromatic carbocycles. The lowest BCUT2D eigenvalue weighted by atomic mass is 10.3. The molecule has 0 aliphatic rings. The number of ether oxygens (including phenoxy) is 1. The Balaban J connectivity index is 0.00000112. The van der Waals surface area contributed by atoms with Gasteiger partial charge >= 0.3 is 5.97 Å². The highest BCUT2D eigenvalue weighted by Gasteiger charge is 2.14. The molecular weight excluding hydrogens is 234 g/mol. The zero-order valence-electron chi connectivity index (χ0n) is 8.17. The fourth-order valence-electron chi connectivity index (χ4n) is 1.30. The van der Waals surface area contributed by atoms with E-state index >= 15 is 0 Å². The standard InChI is InChI=1S/C10H10NO2S.ClH/c1-13-10(12)6-11-7-14-9-5-3-2-4-8(9)11;/h2-5,7H,6H2,1H3;1H/q+1;. The van der Waals surface area contributed by atoms with E-state index in [2.05, 4.69) is 4.74 Å². The Bertz CT molecular complexity index is 469. The minimum Gasteiger partial charge on any atom is -0.464 e. The number of esters is 1. The Labute approximate surface area is 97.7 Å². The summed E-state index contributed by atoms with van der Waals surface area (Å²) in [5.41, 5.74) is 3.00. The molecule has 0 unspecified atom stereocenters. The van der Waals surface area contributed by atoms with Gasteiger partial charge in [-0.2, -0.15) is 4.57 Å². The molecule has 0 saturated heterocycles. The van der Waals surface area contributed by atoms with Crippen LogP contribution in [0.1, 0.15) is 0 Å². The van der Waals surface area contributed by atoms with E-state index in [1.165, 1.54) is 11.8 Å². The third kappa shape index (κ3) is 2.46. The van der Waals surface area contributed by atoms with E-state index in [9.17, 15) is 4.79 Å². The van der Waals surface area contributed by atoms with E-state index in [0.717, 1.165) is 5.52 Å². The van der Waals surface area contributed by atoms with E-state index in [4.69, 9.17) is 0 Å². The summed E-state index contributed by atoms with van der Waals surface area (Å²) in [6.07, 6.45) is 0. The van der Waals surface area contributed by atoms with Gasteiger partial charge in [0.25, 0.3) is 0 Å². The number of aromatic nitrogens is 1. The summed E-state index contributed by atoms with van der Waals surface area (Å²) in [6.45, 7) is 0.278. The van der Waals surface area contributed by atoms with Crippen molar-refractivity contribution < 1.29 is 14.1 Å². The summed E-state index contributed by atoms with van der Waals surface area (Å²) in [5.74, 6) is -0.224. The molecule has 15 heavy (non-hydrogen) atoms. The summed E-state index contributed by atoms with van der Waals surface area (Å²) < 4.78 is 7.69. The van der Waals surface area contributed by atoms with Gasteiger partial charge in [-0.1, -0.05) is 23.5 Å². The topological polar surface area (TPSA) is 30.2 Å². The fraction of sp³-hybridized carbons (Fsp3) is 0.200. The molecule has 0 saturated carbocycles. The first-order valence-electron chi connectivity index (χ1n) is 4.24. The summed E-state index contributed by atoms with van der Waals surface area (Å²) in [7, 11) is 1.40. The molecule has 80 valence electrons. The lowest BCUT2D eigenvalue weighted by molar-refractivity contribution is -0.655. The Hall–Kier alpha value is -1.13. The number of thiazole rings is 1. The number of carbonyl (C=O) groups excluding carboxylic acids is 1. The summed E-state index contributed by atoms with van der Waals surface area (Å²) >= 11 is 1.62. The van der Waals surface area contributed by atoms with Crippen LogP contribution in [0.4, 0.5) is 0 Å². The van der Waals surface area contributed by atoms with Crippen LogP contribution in [0.15, 0.2) is 29.8 Å². The van der Waals surface area contributed by atoms with Crippen molar-refractivity contribution in [3.05, 3.63) is 29.8 Å². The molecule has 3 nitrogen and oxygen atoms in total. The van der Waals surface area contributed by atoms with Crippen LogP contribution in [0, 0.1) is 0 Å². The third-order valence-electron chi connectivity index (χ3n) is 2.01. The van der Waals surface area contributed by atoms with Gasteiger partial charge in [0.2, 0.25) is 17.6 Å². The average molecular weight is 245 g/mol. The number of hydrogen-bond donors (Lipinski definition) is 0. The van der Waals surface area contributed by atoms with Crippen molar-refractivity contribution >= 4 is 39.9 Å². The van der Waals surface area contributed by atoms with Gasteiger partial charge in [0.1, 0.15) is 4.70 Å². The van der Waals surface area contributed by atoms with Crippen LogP contribution in [0.3, 0.4) is 0 Å². The second kappa shape index (κ2) is 5.09. The van der Waals surface area contributed by atoms with Crippen molar-refractivity contribution in [3.8, 4) is 0 Å². The van der Waals surface area contributed by atoms with Crippen molar-refractivity contribution in [2.45, 2.75) is 6.54 Å². The minimum atomic E-state index is -0.224. The van der Waals surface area contributed by atoms with Crippen LogP contribution in [-0.4, -0.2) is 13.1 Å². The molecule has 1 heterocycles. The van der Waals surface area contributed by atoms with Crippen LogP contribution in [0.5, 0.6) is 0 Å². The Kier molecular flexibility index (Phi) is 4.05. The zero-order valence-corrected chi connectivity index (χ0v) is 9.81. The number of rotatable bonds is 2. The molecule has 0 aliphatic heterocycles. The lowest BCUT2D eigenvalue weighted by Crippen LogP contribution is -2.36. The van der Waals surface area contributed by atoms with Crippen molar-refractivity contribution in [1.29, 1.82) is 0 Å². The molecular formula is C10H11ClNO2S+. The molecule has 1 aromatic heterocycles. The fourth-order valence-corrected chi connectivity index (χ4v) is 2.19. The van der Waals surface area contributed by atoms with Crippen LogP contribution < -0.4 is 4.57 Å². The molecule has 5 heteroatoms. The monoisotopic (exact) mass is 244 g/mol. The van der Waals surface area contributed by atoms with Gasteiger partial charge in [-0.05, 0) is 6.07 Å². The highest BCUT2D eigenvalue weighted by atomic mass is 35.5. The van der Waals surface area contributed by atoms with Crippen molar-refractivity contribution in [2.75, 3.05) is 7.11 Å². The first kappa shape index (κ1) is 11.9. The highest BCUT2D eigenvalue weighted by molar-refractivity contribution is 7.16. The zero-order chi connectivity index (χ0) is 9.97. The predicted octanol–water partition coefficient (Wildman–Crippen LogP) is 1.78. The maximum Gasteiger partial charge on any atom is 0.372 e. The molecule has 0 radical (unpaired) electrons. The number of nitrogens with zero attached hydrogens (tertiary/aromatic N) is 1. The van der Waals surface area contributed by atoms with Crippen molar-refractivity contribution in [3.63, 3.8) is 0 Å². The molecule has 0 bridgehead atoms. The molecule has 0 atom stereocenters. The second-order valence-electron chi connectivity index (χ2n) is 2.90. The normalized spacial score (nSPS) is 9.67. The predicted molar refractivity (Wildman–Crippen MR) is 61.3 cm³/mol. The highest BCUT2D eigenvalue weighted by Crippen LogP contribution is 2.14. The minimum absolute atomic E-state index is 0. The third-order valence-corrected chi connectivity index (χ3v) is 2.97. The molecule has 2 aromatic rings. The maximum atomic E-state index is 11.1. The molecule has 0 amide bonds. The van der Waals surface area contributed by atoms with Crippen LogP contribution >= 0.6 is 23.7 Å². The van der Waals surface area contributed by atoms with E-state index in [1.54, 1.807) is 11.3 Å². The van der Waals surface area contributed by atoms with Gasteiger partial charge in [0, 0.05) is 6.07 Å². The van der Waals surface area contributed by atoms with Crippen LogP contribution in [0.25, 0.3) is 10.2 Å². The van der Waals surface area contributed by atoms with Gasteiger partial charge < -0.3 is 4.74 Å². The smallest absolute Gasteiger partial charge is 0.372 e. The van der Waals surface area contributed by atoms with Gasteiger partial charge in [-0.25, -0.2) is 4.79 Å². The molecule has 0 spiro atoms. The van der Waals surface area contributed by atoms with Crippen molar-refractivity contribution in [2.24, 2.45) is 0 Å². The van der Waals surface area contributed by atoms with E-state index in [-0.39, 0.29) is 24.9 Å². The molecule has 0 fully saturated rings. The first-order chi connectivity index (χ1) is 6.81. The Morgan fingerprint density at radius 1 is 1.47 bits per heavy atom. The lowest BCUT2D eigenvalue weighted by Gasteiger charge is -1.92. The summed E-state index contributed by atoms with van der Waals surface area (Å²) in [6, 6.07) is 7.98. The van der Waals surface area contributed by atoms with Crippen LogP contribution in [-0.2, 0) is 16.1 Å². The van der Waals surface area contributed by atoms with Gasteiger partial charge in [0.05, 0.1) is 7.11 Å². The maximum absolute atomic E-state index is 11.1. The van der Waals surface area contributed by atoms with Gasteiger partial charge in [-0.3, -0.25) is 0 Å². The van der Waals surface area contributed by atoms with E-state index in [1.807, 2.05) is 34.3 Å². The molecule has 0 aliphatic carbocycles. The molecule has 2 rings (SSSR count). The summed E-state index contributed by atoms with van der Waals surface area (Å²) in [5, 5.41) is 0. The Morgan fingerprint density at radius 2 is 2.20 bits per heavy atom. The number of methoxy groups -OCH3 is 1. The number of benzene rings is 1. The van der Waals surface area contributed by atoms with Crippen LogP contribution in [0.2, 0.25) is 0 Å². The number of fused-ring (bicyclic) bond motifs is 1. The quantitative estimate of drug-likeness (QED) is 0.596. The Morgan fingerprint density at radius 3 is 2.93 bits per heavy atom. The average Bonchev–Trinajstić information content (AvgIpc) is 2.62. The SMILES string of the molecule is COC(=O)C[n+]1csc2ccccc21.Cl. The number of hydrogen-bond acceptors (Lipinski definition) is 3. The number of carbonyl (C=O) groups is 1. The van der Waals surface area contributed by atoms with Gasteiger partial charge in [-0.15, -0.1) is 12.4 Å². The van der Waals surface area contributed by atoms with Crippen molar-refractivity contribution in [1.82, 2.24) is 0 Å². The first-order valence-corrected chi connectivity index (χ1v) is 5.11. The van der Waals surface area contributed by atoms with E-state index in [0.29, 0.717) is 0 Å². The van der Waals surface area contributed by atoms with E-state index < -0.39 is 0 Å². The van der Waals surface area contributed by atoms with Gasteiger partial charge in [0.15, 0.2) is 0 Å². The molecule has 0 N–H and O–H groups in total. The number of halogens is 1. The second-order valence-corrected chi connectivity index (χ2v) is 3.78.